The third-order valence-electron chi connectivity index (χ3n) is 6.53. The lowest BCUT2D eigenvalue weighted by molar-refractivity contribution is 0.401. The molecule has 2 aromatic carbocycles. The molecule has 1 aliphatic carbocycles. The Morgan fingerprint density at radius 1 is 0.655 bits per heavy atom. The number of hydrogen-bond acceptors (Lipinski definition) is 2. The van der Waals surface area contributed by atoms with Gasteiger partial charge in [0.25, 0.3) is 0 Å². The maximum Gasteiger partial charge on any atom is 0.0991 e. The Bertz CT molecular complexity index is 849. The van der Waals surface area contributed by atoms with Gasteiger partial charge in [-0.15, -0.1) is 0 Å². The lowest BCUT2D eigenvalue weighted by atomic mass is 9.70. The van der Waals surface area contributed by atoms with Gasteiger partial charge >= 0.3 is 0 Å². The molecule has 2 aromatic rings. The van der Waals surface area contributed by atoms with E-state index < -0.39 is 0 Å². The summed E-state index contributed by atoms with van der Waals surface area (Å²) < 4.78 is 0. The van der Waals surface area contributed by atoms with Gasteiger partial charge in [0.05, 0.1) is 23.3 Å². The molecule has 0 amide bonds. The summed E-state index contributed by atoms with van der Waals surface area (Å²) in [5, 5.41) is 19.1. The molecule has 0 unspecified atom stereocenters. The highest BCUT2D eigenvalue weighted by molar-refractivity contribution is 5.82. The normalized spacial score (nSPS) is 13.4. The fourth-order valence-corrected chi connectivity index (χ4v) is 5.01. The Labute approximate surface area is 176 Å². The van der Waals surface area contributed by atoms with Crippen LogP contribution in [0.4, 0.5) is 0 Å². The molecule has 0 aliphatic heterocycles. The number of benzene rings is 2. The van der Waals surface area contributed by atoms with Crippen molar-refractivity contribution in [2.45, 2.75) is 83.5 Å². The molecule has 29 heavy (non-hydrogen) atoms. The third kappa shape index (κ3) is 4.23. The summed E-state index contributed by atoms with van der Waals surface area (Å²) in [6, 6.07) is 17.1. The van der Waals surface area contributed by atoms with Gasteiger partial charge < -0.3 is 0 Å². The molecular weight excluding hydrogens is 352 g/mol. The van der Waals surface area contributed by atoms with Gasteiger partial charge in [-0.2, -0.15) is 10.5 Å². The monoisotopic (exact) mass is 384 g/mol. The fourth-order valence-electron chi connectivity index (χ4n) is 5.01. The Morgan fingerprint density at radius 3 is 1.48 bits per heavy atom. The van der Waals surface area contributed by atoms with Crippen LogP contribution in [-0.2, 0) is 5.41 Å². The fraction of sp³-hybridized carbons (Fsp3) is 0.481. The predicted octanol–water partition coefficient (Wildman–Crippen LogP) is 7.64. The molecule has 0 heterocycles. The van der Waals surface area contributed by atoms with Crippen molar-refractivity contribution in [1.29, 1.82) is 10.5 Å². The lowest BCUT2D eigenvalue weighted by Crippen LogP contribution is -2.25. The maximum absolute atomic E-state index is 9.54. The zero-order valence-corrected chi connectivity index (χ0v) is 17.9. The van der Waals surface area contributed by atoms with Gasteiger partial charge in [-0.1, -0.05) is 77.3 Å². The van der Waals surface area contributed by atoms with Crippen LogP contribution in [0.25, 0.3) is 11.1 Å². The van der Waals surface area contributed by atoms with Gasteiger partial charge in [-0.25, -0.2) is 0 Å². The Kier molecular flexibility index (Phi) is 7.11. The second kappa shape index (κ2) is 9.76. The molecule has 1 aliphatic rings. The standard InChI is InChI=1S/C27H32N2/c1-3-5-7-9-15-27(16-10-8-6-4-2)25-17-21(19-28)11-13-23(25)24-14-12-22(20-29)18-26(24)27/h11-14,17-18H,3-10,15-16H2,1-2H3. The molecule has 2 heteroatoms. The van der Waals surface area contributed by atoms with Crippen LogP contribution in [0.1, 0.15) is 100 Å². The van der Waals surface area contributed by atoms with Crippen LogP contribution in [0.5, 0.6) is 0 Å². The molecule has 0 N–H and O–H groups in total. The van der Waals surface area contributed by atoms with E-state index in [1.54, 1.807) is 0 Å². The van der Waals surface area contributed by atoms with E-state index in [2.05, 4.69) is 50.3 Å². The zero-order valence-electron chi connectivity index (χ0n) is 17.9. The first-order chi connectivity index (χ1) is 14.2. The highest BCUT2D eigenvalue weighted by Crippen LogP contribution is 2.54. The number of hydrogen-bond donors (Lipinski definition) is 0. The number of fused-ring (bicyclic) bond motifs is 3. The second-order valence-corrected chi connectivity index (χ2v) is 8.45. The Morgan fingerprint density at radius 2 is 1.10 bits per heavy atom. The van der Waals surface area contributed by atoms with Crippen LogP contribution in [-0.4, -0.2) is 0 Å². The van der Waals surface area contributed by atoms with Crippen molar-refractivity contribution in [1.82, 2.24) is 0 Å². The first kappa shape index (κ1) is 21.1. The van der Waals surface area contributed by atoms with E-state index in [1.807, 2.05) is 12.1 Å². The topological polar surface area (TPSA) is 47.6 Å². The molecule has 0 aromatic heterocycles. The van der Waals surface area contributed by atoms with Gasteiger partial charge in [-0.3, -0.25) is 0 Å². The minimum atomic E-state index is -0.0636. The summed E-state index contributed by atoms with van der Waals surface area (Å²) in [5.74, 6) is 0. The van der Waals surface area contributed by atoms with E-state index in [0.29, 0.717) is 0 Å². The Hall–Kier alpha value is -2.58. The molecule has 0 saturated heterocycles. The summed E-state index contributed by atoms with van der Waals surface area (Å²) in [6.07, 6.45) is 12.1. The van der Waals surface area contributed by atoms with E-state index in [4.69, 9.17) is 0 Å². The number of unbranched alkanes of at least 4 members (excludes halogenated alkanes) is 6. The molecule has 0 radical (unpaired) electrons. The van der Waals surface area contributed by atoms with E-state index in [1.165, 1.54) is 73.6 Å². The molecule has 0 bridgehead atoms. The van der Waals surface area contributed by atoms with Gasteiger partial charge in [0.15, 0.2) is 0 Å². The van der Waals surface area contributed by atoms with Crippen LogP contribution >= 0.6 is 0 Å². The predicted molar refractivity (Wildman–Crippen MR) is 120 cm³/mol. The van der Waals surface area contributed by atoms with Gasteiger partial charge in [-0.05, 0) is 59.4 Å². The lowest BCUT2D eigenvalue weighted by Gasteiger charge is -2.33. The minimum absolute atomic E-state index is 0.0636. The average Bonchev–Trinajstić information content (AvgIpc) is 3.03. The van der Waals surface area contributed by atoms with E-state index in [9.17, 15) is 10.5 Å². The highest BCUT2D eigenvalue weighted by Gasteiger charge is 2.42. The smallest absolute Gasteiger partial charge is 0.0991 e. The maximum atomic E-state index is 9.54. The second-order valence-electron chi connectivity index (χ2n) is 8.45. The van der Waals surface area contributed by atoms with Gasteiger partial charge in [0.1, 0.15) is 0 Å². The minimum Gasteiger partial charge on any atom is -0.192 e. The number of rotatable bonds is 10. The summed E-state index contributed by atoms with van der Waals surface area (Å²) in [4.78, 5) is 0. The SMILES string of the molecule is CCCCCCC1(CCCCCC)c2cc(C#N)ccc2-c2ccc(C#N)cc21. The molecule has 0 fully saturated rings. The van der Waals surface area contributed by atoms with Crippen molar-refractivity contribution in [3.8, 4) is 23.3 Å². The van der Waals surface area contributed by atoms with Crippen LogP contribution in [0.3, 0.4) is 0 Å². The average molecular weight is 385 g/mol. The van der Waals surface area contributed by atoms with Gasteiger partial charge in [0, 0.05) is 5.41 Å². The van der Waals surface area contributed by atoms with E-state index in [0.717, 1.165) is 24.0 Å². The van der Waals surface area contributed by atoms with Crippen LogP contribution < -0.4 is 0 Å². The Balaban J connectivity index is 2.10. The van der Waals surface area contributed by atoms with Crippen molar-refractivity contribution in [3.05, 3.63) is 58.7 Å². The van der Waals surface area contributed by atoms with Crippen molar-refractivity contribution in [2.24, 2.45) is 0 Å². The van der Waals surface area contributed by atoms with Crippen molar-refractivity contribution in [3.63, 3.8) is 0 Å². The summed E-state index contributed by atoms with van der Waals surface area (Å²) in [7, 11) is 0. The first-order valence-corrected chi connectivity index (χ1v) is 11.3. The highest BCUT2D eigenvalue weighted by atomic mass is 14.5. The molecule has 0 atom stereocenters. The van der Waals surface area contributed by atoms with E-state index in [-0.39, 0.29) is 5.41 Å². The third-order valence-corrected chi connectivity index (χ3v) is 6.53. The largest absolute Gasteiger partial charge is 0.192 e. The van der Waals surface area contributed by atoms with Crippen molar-refractivity contribution in [2.75, 3.05) is 0 Å². The van der Waals surface area contributed by atoms with Crippen molar-refractivity contribution < 1.29 is 0 Å². The van der Waals surface area contributed by atoms with Crippen LogP contribution in [0.15, 0.2) is 36.4 Å². The molecule has 150 valence electrons. The van der Waals surface area contributed by atoms with Crippen molar-refractivity contribution >= 4 is 0 Å². The zero-order chi connectivity index (χ0) is 20.7. The molecule has 2 nitrogen and oxygen atoms in total. The molecule has 3 rings (SSSR count). The summed E-state index contributed by atoms with van der Waals surface area (Å²) in [6.45, 7) is 4.50. The molecular formula is C27H32N2. The first-order valence-electron chi connectivity index (χ1n) is 11.3. The van der Waals surface area contributed by atoms with Crippen LogP contribution in [0, 0.1) is 22.7 Å². The number of nitriles is 2. The summed E-state index contributed by atoms with van der Waals surface area (Å²) >= 11 is 0. The van der Waals surface area contributed by atoms with Crippen LogP contribution in [0.2, 0.25) is 0 Å². The van der Waals surface area contributed by atoms with Gasteiger partial charge in [0.2, 0.25) is 0 Å². The molecule has 0 saturated carbocycles. The number of nitrogens with zero attached hydrogens (tertiary/aromatic N) is 2. The van der Waals surface area contributed by atoms with E-state index >= 15 is 0 Å². The molecule has 0 spiro atoms. The summed E-state index contributed by atoms with van der Waals surface area (Å²) in [5.41, 5.74) is 6.56. The quantitative estimate of drug-likeness (QED) is 0.395.